The van der Waals surface area contributed by atoms with Crippen LogP contribution in [0.4, 0.5) is 5.82 Å². The Morgan fingerprint density at radius 2 is 2.12 bits per heavy atom. The lowest BCUT2D eigenvalue weighted by Crippen LogP contribution is -2.31. The Bertz CT molecular complexity index is 471. The van der Waals surface area contributed by atoms with Crippen LogP contribution in [-0.2, 0) is 17.2 Å². The average Bonchev–Trinajstić information content (AvgIpc) is 2.59. The summed E-state index contributed by atoms with van der Waals surface area (Å²) in [4.78, 5) is 9.61. The molecule has 4 nitrogen and oxygen atoms in total. The third kappa shape index (κ3) is 2.49. The van der Waals surface area contributed by atoms with Gasteiger partial charge < -0.3 is 5.32 Å². The van der Waals surface area contributed by atoms with E-state index in [-0.39, 0.29) is 5.54 Å². The van der Waals surface area contributed by atoms with Gasteiger partial charge in [-0.2, -0.15) is 0 Å². The molecule has 0 spiro atoms. The van der Waals surface area contributed by atoms with Gasteiger partial charge in [-0.1, -0.05) is 6.92 Å². The second-order valence-corrected chi connectivity index (χ2v) is 6.56. The number of aromatic nitrogens is 2. The molecule has 0 aromatic carbocycles. The van der Waals surface area contributed by atoms with Crippen molar-refractivity contribution < 1.29 is 4.21 Å². The highest BCUT2D eigenvalue weighted by molar-refractivity contribution is 7.85. The standard InChI is InChI=1S/C12H19N3OS/c1-5-12(3,4)15-11-10-9(6-7-17(10)16)13-8(2)14-11/h5-7H2,1-4H3,(H,13,14,15). The van der Waals surface area contributed by atoms with Crippen LogP contribution in [-0.4, -0.2) is 25.5 Å². The van der Waals surface area contributed by atoms with Gasteiger partial charge in [-0.05, 0) is 27.2 Å². The summed E-state index contributed by atoms with van der Waals surface area (Å²) in [5.41, 5.74) is 0.909. The van der Waals surface area contributed by atoms with E-state index in [0.29, 0.717) is 5.75 Å². The highest BCUT2D eigenvalue weighted by Crippen LogP contribution is 2.29. The minimum Gasteiger partial charge on any atom is -0.364 e. The minimum atomic E-state index is -0.942. The molecule has 0 bridgehead atoms. The van der Waals surface area contributed by atoms with Crippen LogP contribution in [0.3, 0.4) is 0 Å². The van der Waals surface area contributed by atoms with Crippen LogP contribution in [0.1, 0.15) is 38.7 Å². The molecule has 17 heavy (non-hydrogen) atoms. The molecule has 5 heteroatoms. The lowest BCUT2D eigenvalue weighted by atomic mass is 10.0. The molecule has 0 amide bonds. The first-order valence-corrected chi connectivity index (χ1v) is 7.29. The van der Waals surface area contributed by atoms with Gasteiger partial charge >= 0.3 is 0 Å². The van der Waals surface area contributed by atoms with E-state index in [1.807, 2.05) is 6.92 Å². The molecule has 1 atom stereocenters. The maximum Gasteiger partial charge on any atom is 0.146 e. The molecule has 2 rings (SSSR count). The molecule has 1 aromatic heterocycles. The van der Waals surface area contributed by atoms with Crippen molar-refractivity contribution in [3.63, 3.8) is 0 Å². The van der Waals surface area contributed by atoms with Crippen molar-refractivity contribution in [1.82, 2.24) is 9.97 Å². The van der Waals surface area contributed by atoms with E-state index in [1.54, 1.807) is 0 Å². The summed E-state index contributed by atoms with van der Waals surface area (Å²) >= 11 is 0. The maximum absolute atomic E-state index is 12.0. The largest absolute Gasteiger partial charge is 0.364 e. The smallest absolute Gasteiger partial charge is 0.146 e. The SMILES string of the molecule is CCC(C)(C)Nc1nc(C)nc2c1S(=O)CC2. The van der Waals surface area contributed by atoms with Crippen molar-refractivity contribution in [2.45, 2.75) is 51.0 Å². The van der Waals surface area contributed by atoms with E-state index in [1.165, 1.54) is 0 Å². The Balaban J connectivity index is 2.44. The van der Waals surface area contributed by atoms with E-state index >= 15 is 0 Å². The zero-order valence-electron chi connectivity index (χ0n) is 10.8. The summed E-state index contributed by atoms with van der Waals surface area (Å²) in [6.07, 6.45) is 1.78. The number of aryl methyl sites for hydroxylation is 2. The molecule has 0 radical (unpaired) electrons. The molecule has 0 saturated heterocycles. The second-order valence-electron chi connectivity index (χ2n) is 5.06. The molecule has 1 N–H and O–H groups in total. The van der Waals surface area contributed by atoms with Crippen molar-refractivity contribution in [3.8, 4) is 0 Å². The first-order chi connectivity index (χ1) is 7.93. The summed E-state index contributed by atoms with van der Waals surface area (Å²) < 4.78 is 12.0. The van der Waals surface area contributed by atoms with E-state index in [2.05, 4.69) is 36.1 Å². The normalized spacial score (nSPS) is 19.2. The predicted molar refractivity (Wildman–Crippen MR) is 69.7 cm³/mol. The fraction of sp³-hybridized carbons (Fsp3) is 0.667. The summed E-state index contributed by atoms with van der Waals surface area (Å²) in [6.45, 7) is 8.24. The summed E-state index contributed by atoms with van der Waals surface area (Å²) in [6, 6.07) is 0. The number of nitrogens with one attached hydrogen (secondary N) is 1. The Morgan fingerprint density at radius 1 is 1.41 bits per heavy atom. The molecule has 1 aliphatic rings. The molecule has 2 heterocycles. The van der Waals surface area contributed by atoms with Crippen LogP contribution in [0, 0.1) is 6.92 Å². The van der Waals surface area contributed by atoms with E-state index in [0.717, 1.165) is 35.1 Å². The molecule has 1 unspecified atom stereocenters. The lowest BCUT2D eigenvalue weighted by Gasteiger charge is -2.26. The number of rotatable bonds is 3. The van der Waals surface area contributed by atoms with Gasteiger partial charge in [0.05, 0.1) is 16.5 Å². The number of anilines is 1. The minimum absolute atomic E-state index is 0.0403. The van der Waals surface area contributed by atoms with Gasteiger partial charge in [0.2, 0.25) is 0 Å². The Labute approximate surface area is 105 Å². The third-order valence-corrected chi connectivity index (χ3v) is 4.60. The summed E-state index contributed by atoms with van der Waals surface area (Å²) in [7, 11) is -0.942. The molecular formula is C12H19N3OS. The quantitative estimate of drug-likeness (QED) is 0.895. The number of nitrogens with zero attached hydrogens (tertiary/aromatic N) is 2. The van der Waals surface area contributed by atoms with Gasteiger partial charge in [0.25, 0.3) is 0 Å². The van der Waals surface area contributed by atoms with Crippen LogP contribution in [0.25, 0.3) is 0 Å². The number of hydrogen-bond donors (Lipinski definition) is 1. The summed E-state index contributed by atoms with van der Waals surface area (Å²) in [5, 5.41) is 3.40. The first kappa shape index (κ1) is 12.5. The van der Waals surface area contributed by atoms with Gasteiger partial charge in [0, 0.05) is 17.7 Å². The van der Waals surface area contributed by atoms with E-state index < -0.39 is 10.8 Å². The molecule has 1 aliphatic heterocycles. The van der Waals surface area contributed by atoms with E-state index in [9.17, 15) is 4.21 Å². The van der Waals surface area contributed by atoms with Crippen LogP contribution in [0.2, 0.25) is 0 Å². The van der Waals surface area contributed by atoms with Crippen molar-refractivity contribution >= 4 is 16.6 Å². The summed E-state index contributed by atoms with van der Waals surface area (Å²) in [5.74, 6) is 2.18. The lowest BCUT2D eigenvalue weighted by molar-refractivity contribution is 0.542. The van der Waals surface area contributed by atoms with E-state index in [4.69, 9.17) is 0 Å². The van der Waals surface area contributed by atoms with Gasteiger partial charge in [-0.3, -0.25) is 4.21 Å². The first-order valence-electron chi connectivity index (χ1n) is 5.97. The predicted octanol–water partition coefficient (Wildman–Crippen LogP) is 2.05. The maximum atomic E-state index is 12.0. The van der Waals surface area contributed by atoms with Crippen molar-refractivity contribution in [1.29, 1.82) is 0 Å². The Hall–Kier alpha value is -0.970. The average molecular weight is 253 g/mol. The van der Waals surface area contributed by atoms with Crippen LogP contribution >= 0.6 is 0 Å². The zero-order chi connectivity index (χ0) is 12.6. The zero-order valence-corrected chi connectivity index (χ0v) is 11.6. The third-order valence-electron chi connectivity index (χ3n) is 3.14. The van der Waals surface area contributed by atoms with Crippen molar-refractivity contribution in [3.05, 3.63) is 11.5 Å². The van der Waals surface area contributed by atoms with Gasteiger partial charge in [-0.25, -0.2) is 9.97 Å². The van der Waals surface area contributed by atoms with Crippen molar-refractivity contribution in [2.24, 2.45) is 0 Å². The fourth-order valence-corrected chi connectivity index (χ4v) is 3.12. The Morgan fingerprint density at radius 3 is 2.76 bits per heavy atom. The van der Waals surface area contributed by atoms with Crippen LogP contribution < -0.4 is 5.32 Å². The molecule has 0 aliphatic carbocycles. The van der Waals surface area contributed by atoms with Crippen LogP contribution in [0.5, 0.6) is 0 Å². The van der Waals surface area contributed by atoms with Gasteiger partial charge in [-0.15, -0.1) is 0 Å². The number of hydrogen-bond acceptors (Lipinski definition) is 4. The number of fused-ring (bicyclic) bond motifs is 1. The highest BCUT2D eigenvalue weighted by Gasteiger charge is 2.27. The second kappa shape index (κ2) is 4.37. The molecular weight excluding hydrogens is 234 g/mol. The topological polar surface area (TPSA) is 54.9 Å². The van der Waals surface area contributed by atoms with Crippen molar-refractivity contribution in [2.75, 3.05) is 11.1 Å². The Kier molecular flexibility index (Phi) is 3.21. The molecule has 94 valence electrons. The molecule has 1 aromatic rings. The van der Waals surface area contributed by atoms with Crippen LogP contribution in [0.15, 0.2) is 4.90 Å². The molecule has 0 fully saturated rings. The molecule has 0 saturated carbocycles. The van der Waals surface area contributed by atoms with Gasteiger partial charge in [0.15, 0.2) is 0 Å². The monoisotopic (exact) mass is 253 g/mol. The fourth-order valence-electron chi connectivity index (χ4n) is 1.81. The highest BCUT2D eigenvalue weighted by atomic mass is 32.2. The van der Waals surface area contributed by atoms with Gasteiger partial charge in [0.1, 0.15) is 16.5 Å².